The first-order valence-corrected chi connectivity index (χ1v) is 7.38. The lowest BCUT2D eigenvalue weighted by atomic mass is 10.1. The zero-order valence-electron chi connectivity index (χ0n) is 13.1. The van der Waals surface area contributed by atoms with E-state index >= 15 is 0 Å². The number of esters is 1. The number of nitro groups is 1. The summed E-state index contributed by atoms with van der Waals surface area (Å²) < 4.78 is 4.88. The predicted octanol–water partition coefficient (Wildman–Crippen LogP) is 2.57. The molecule has 3 rings (SSSR count). The van der Waals surface area contributed by atoms with E-state index in [2.05, 4.69) is 0 Å². The van der Waals surface area contributed by atoms with Crippen molar-refractivity contribution < 1.29 is 24.0 Å². The molecule has 1 aliphatic rings. The monoisotopic (exact) mass is 340 g/mol. The molecule has 2 aromatic rings. The van der Waals surface area contributed by atoms with Crippen LogP contribution in [0.25, 0.3) is 0 Å². The highest BCUT2D eigenvalue weighted by molar-refractivity contribution is 6.34. The number of benzene rings is 2. The van der Waals surface area contributed by atoms with E-state index in [1.54, 1.807) is 6.92 Å². The Morgan fingerprint density at radius 2 is 1.72 bits per heavy atom. The minimum atomic E-state index is -0.597. The fourth-order valence-electron chi connectivity index (χ4n) is 2.54. The third-order valence-corrected chi connectivity index (χ3v) is 3.72. The van der Waals surface area contributed by atoms with Crippen molar-refractivity contribution in [3.8, 4) is 0 Å². The molecule has 2 aromatic carbocycles. The van der Waals surface area contributed by atoms with Crippen LogP contribution in [0.5, 0.6) is 0 Å². The van der Waals surface area contributed by atoms with E-state index in [4.69, 9.17) is 4.74 Å². The number of nitrogens with zero attached hydrogens (tertiary/aromatic N) is 2. The summed E-state index contributed by atoms with van der Waals surface area (Å²) in [6.45, 7) is 1.86. The number of anilines is 1. The van der Waals surface area contributed by atoms with Gasteiger partial charge in [-0.15, -0.1) is 0 Å². The smallest absolute Gasteiger partial charge is 0.338 e. The number of ether oxygens (including phenoxy) is 1. The highest BCUT2D eigenvalue weighted by Crippen LogP contribution is 2.30. The van der Waals surface area contributed by atoms with E-state index < -0.39 is 22.7 Å². The minimum absolute atomic E-state index is 0.0916. The molecule has 0 fully saturated rings. The first-order chi connectivity index (χ1) is 11.9. The molecule has 0 unspecified atom stereocenters. The van der Waals surface area contributed by atoms with Crippen molar-refractivity contribution in [2.24, 2.45) is 0 Å². The Kier molecular flexibility index (Phi) is 4.02. The Labute approximate surface area is 141 Å². The molecule has 0 aromatic heterocycles. The largest absolute Gasteiger partial charge is 0.462 e. The topological polar surface area (TPSA) is 107 Å². The molecule has 0 saturated heterocycles. The zero-order chi connectivity index (χ0) is 18.1. The molecule has 0 aliphatic carbocycles. The van der Waals surface area contributed by atoms with Gasteiger partial charge in [-0.3, -0.25) is 19.7 Å². The average Bonchev–Trinajstić information content (AvgIpc) is 2.86. The number of nitro benzene ring substituents is 1. The number of hydrogen-bond donors (Lipinski definition) is 0. The standard InChI is InChI=1S/C17H12N2O6/c1-2-25-17(22)10-3-8-13-14(9-10)16(21)18(15(13)20)11-4-6-12(7-5-11)19(23)24/h3-9H,2H2,1H3. The predicted molar refractivity (Wildman–Crippen MR) is 86.6 cm³/mol. The van der Waals surface area contributed by atoms with Crippen LogP contribution in [0.2, 0.25) is 0 Å². The van der Waals surface area contributed by atoms with E-state index in [1.807, 2.05) is 0 Å². The van der Waals surface area contributed by atoms with E-state index in [9.17, 15) is 24.5 Å². The number of non-ortho nitro benzene ring substituents is 1. The molecule has 8 nitrogen and oxygen atoms in total. The molecular weight excluding hydrogens is 328 g/mol. The normalized spacial score (nSPS) is 12.9. The van der Waals surface area contributed by atoms with Gasteiger partial charge in [0.05, 0.1) is 33.9 Å². The van der Waals surface area contributed by atoms with Gasteiger partial charge >= 0.3 is 5.97 Å². The quantitative estimate of drug-likeness (QED) is 0.366. The molecule has 0 N–H and O–H groups in total. The highest BCUT2D eigenvalue weighted by atomic mass is 16.6. The molecule has 1 aliphatic heterocycles. The first-order valence-electron chi connectivity index (χ1n) is 7.38. The van der Waals surface area contributed by atoms with Crippen LogP contribution in [-0.4, -0.2) is 29.3 Å². The SMILES string of the molecule is CCOC(=O)c1ccc2c(c1)C(=O)N(c1ccc([N+](=O)[O-])cc1)C2=O. The summed E-state index contributed by atoms with van der Waals surface area (Å²) in [5, 5.41) is 10.7. The number of hydrogen-bond acceptors (Lipinski definition) is 6. The van der Waals surface area contributed by atoms with Crippen LogP contribution < -0.4 is 4.90 Å². The molecule has 2 amide bonds. The summed E-state index contributed by atoms with van der Waals surface area (Å²) in [7, 11) is 0. The fourth-order valence-corrected chi connectivity index (χ4v) is 2.54. The maximum Gasteiger partial charge on any atom is 0.338 e. The molecule has 0 bridgehead atoms. The minimum Gasteiger partial charge on any atom is -0.462 e. The van der Waals surface area contributed by atoms with Crippen LogP contribution in [0.4, 0.5) is 11.4 Å². The Hall–Kier alpha value is -3.55. The Morgan fingerprint density at radius 3 is 2.32 bits per heavy atom. The van der Waals surface area contributed by atoms with Crippen molar-refractivity contribution in [2.75, 3.05) is 11.5 Å². The number of imide groups is 1. The van der Waals surface area contributed by atoms with E-state index in [0.29, 0.717) is 0 Å². The zero-order valence-corrected chi connectivity index (χ0v) is 13.1. The first kappa shape index (κ1) is 16.3. The molecule has 0 atom stereocenters. The van der Waals surface area contributed by atoms with Crippen LogP contribution in [0, 0.1) is 10.1 Å². The van der Waals surface area contributed by atoms with Crippen LogP contribution in [0.3, 0.4) is 0 Å². The van der Waals surface area contributed by atoms with Gasteiger partial charge in [-0.25, -0.2) is 9.69 Å². The van der Waals surface area contributed by atoms with Crippen molar-refractivity contribution >= 4 is 29.2 Å². The fraction of sp³-hybridized carbons (Fsp3) is 0.118. The van der Waals surface area contributed by atoms with Crippen molar-refractivity contribution in [2.45, 2.75) is 6.92 Å². The molecule has 25 heavy (non-hydrogen) atoms. The number of fused-ring (bicyclic) bond motifs is 1. The highest BCUT2D eigenvalue weighted by Gasteiger charge is 2.37. The van der Waals surface area contributed by atoms with Gasteiger partial charge in [0.2, 0.25) is 0 Å². The Bertz CT molecular complexity index is 904. The molecular formula is C17H12N2O6. The molecule has 0 radical (unpaired) electrons. The second-order valence-electron chi connectivity index (χ2n) is 5.20. The summed E-state index contributed by atoms with van der Waals surface area (Å²) in [5.74, 6) is -1.73. The van der Waals surface area contributed by atoms with Gasteiger partial charge in [-0.05, 0) is 37.3 Å². The summed E-state index contributed by atoms with van der Waals surface area (Å²) in [4.78, 5) is 47.9. The summed E-state index contributed by atoms with van der Waals surface area (Å²) in [6, 6.07) is 9.21. The van der Waals surface area contributed by atoms with Crippen molar-refractivity contribution in [1.82, 2.24) is 0 Å². The second-order valence-corrected chi connectivity index (χ2v) is 5.20. The van der Waals surface area contributed by atoms with Gasteiger partial charge in [-0.1, -0.05) is 0 Å². The van der Waals surface area contributed by atoms with E-state index in [0.717, 1.165) is 4.90 Å². The lowest BCUT2D eigenvalue weighted by Crippen LogP contribution is -2.29. The molecule has 0 spiro atoms. The molecule has 126 valence electrons. The van der Waals surface area contributed by atoms with Crippen molar-refractivity contribution in [1.29, 1.82) is 0 Å². The van der Waals surface area contributed by atoms with Gasteiger partial charge in [0.1, 0.15) is 0 Å². The number of carbonyl (C=O) groups is 3. The lowest BCUT2D eigenvalue weighted by Gasteiger charge is -2.13. The molecule has 8 heteroatoms. The number of amides is 2. The molecule has 0 saturated carbocycles. The van der Waals surface area contributed by atoms with Crippen molar-refractivity contribution in [3.05, 3.63) is 69.3 Å². The average molecular weight is 340 g/mol. The van der Waals surface area contributed by atoms with Gasteiger partial charge in [-0.2, -0.15) is 0 Å². The van der Waals surface area contributed by atoms with Gasteiger partial charge in [0.15, 0.2) is 0 Å². The summed E-state index contributed by atoms with van der Waals surface area (Å²) >= 11 is 0. The number of carbonyl (C=O) groups excluding carboxylic acids is 3. The maximum atomic E-state index is 12.6. The Morgan fingerprint density at radius 1 is 1.08 bits per heavy atom. The van der Waals surface area contributed by atoms with Crippen LogP contribution >= 0.6 is 0 Å². The van der Waals surface area contributed by atoms with Gasteiger partial charge in [0, 0.05) is 12.1 Å². The van der Waals surface area contributed by atoms with Crippen LogP contribution in [0.1, 0.15) is 38.0 Å². The molecule has 1 heterocycles. The van der Waals surface area contributed by atoms with E-state index in [-0.39, 0.29) is 34.7 Å². The third-order valence-electron chi connectivity index (χ3n) is 3.72. The van der Waals surface area contributed by atoms with Crippen molar-refractivity contribution in [3.63, 3.8) is 0 Å². The van der Waals surface area contributed by atoms with Crippen LogP contribution in [-0.2, 0) is 4.74 Å². The third kappa shape index (κ3) is 2.74. The number of rotatable bonds is 4. The van der Waals surface area contributed by atoms with Crippen LogP contribution in [0.15, 0.2) is 42.5 Å². The maximum absolute atomic E-state index is 12.6. The Balaban J connectivity index is 1.96. The summed E-state index contributed by atoms with van der Waals surface area (Å²) in [5.41, 5.74) is 0.497. The lowest BCUT2D eigenvalue weighted by molar-refractivity contribution is -0.384. The second kappa shape index (κ2) is 6.16. The van der Waals surface area contributed by atoms with Gasteiger partial charge < -0.3 is 4.74 Å². The van der Waals surface area contributed by atoms with E-state index in [1.165, 1.54) is 42.5 Å². The van der Waals surface area contributed by atoms with Gasteiger partial charge in [0.25, 0.3) is 17.5 Å². The summed E-state index contributed by atoms with van der Waals surface area (Å²) in [6.07, 6.45) is 0.